The Morgan fingerprint density at radius 3 is 2.30 bits per heavy atom. The predicted molar refractivity (Wildman–Crippen MR) is 193 cm³/mol. The van der Waals surface area contributed by atoms with Gasteiger partial charge in [0.15, 0.2) is 5.13 Å². The zero-order chi connectivity index (χ0) is 32.6. The lowest BCUT2D eigenvalue weighted by Gasteiger charge is -2.12. The molecule has 7 nitrogen and oxygen atoms in total. The van der Waals surface area contributed by atoms with E-state index in [0.717, 1.165) is 32.5 Å². The van der Waals surface area contributed by atoms with Crippen LogP contribution in [0.15, 0.2) is 137 Å². The molecule has 0 bridgehead atoms. The third kappa shape index (κ3) is 8.21. The maximum atomic E-state index is 13.5. The van der Waals surface area contributed by atoms with Crippen LogP contribution in [0.2, 0.25) is 0 Å². The molecule has 0 atom stereocenters. The van der Waals surface area contributed by atoms with Crippen molar-refractivity contribution in [1.82, 2.24) is 10.3 Å². The molecule has 6 rings (SSSR count). The van der Waals surface area contributed by atoms with Gasteiger partial charge in [-0.3, -0.25) is 14.4 Å². The third-order valence-electron chi connectivity index (χ3n) is 7.23. The van der Waals surface area contributed by atoms with E-state index in [-0.39, 0.29) is 23.3 Å². The number of thioether (sulfide) groups is 1. The number of rotatable bonds is 10. The zero-order valence-electron chi connectivity index (χ0n) is 25.4. The summed E-state index contributed by atoms with van der Waals surface area (Å²) in [6, 6.07) is 37.8. The number of carbonyl (C=O) groups excluding carboxylic acids is 3. The molecule has 0 aliphatic carbocycles. The maximum absolute atomic E-state index is 13.5. The quantitative estimate of drug-likeness (QED) is 0.102. The summed E-state index contributed by atoms with van der Waals surface area (Å²) in [6.45, 7) is 2.04. The molecule has 3 N–H and O–H groups in total. The number of hydrogen-bond acceptors (Lipinski definition) is 6. The normalized spacial score (nSPS) is 11.2. The average molecular weight is 655 g/mol. The SMILES string of the molecule is Cc1ccc(-c2csc(NC(=O)CSc3ccc(NC(=O)/C(=C/c4cccc5ccccc45)NC(=O)c4ccccc4)cc3)n2)cc1. The van der Waals surface area contributed by atoms with Crippen molar-refractivity contribution in [2.45, 2.75) is 11.8 Å². The van der Waals surface area contributed by atoms with Gasteiger partial charge in [-0.25, -0.2) is 4.98 Å². The van der Waals surface area contributed by atoms with Gasteiger partial charge in [0.25, 0.3) is 11.8 Å². The minimum atomic E-state index is -0.463. The van der Waals surface area contributed by atoms with Crippen LogP contribution in [-0.2, 0) is 9.59 Å². The molecule has 0 unspecified atom stereocenters. The first kappa shape index (κ1) is 31.5. The molecule has 3 amide bonds. The van der Waals surface area contributed by atoms with Gasteiger partial charge in [0.2, 0.25) is 5.91 Å². The van der Waals surface area contributed by atoms with Gasteiger partial charge in [-0.15, -0.1) is 23.1 Å². The number of thiazole rings is 1. The maximum Gasteiger partial charge on any atom is 0.272 e. The predicted octanol–water partition coefficient (Wildman–Crippen LogP) is 8.41. The number of benzene rings is 5. The molecule has 1 aromatic heterocycles. The Labute approximate surface area is 280 Å². The van der Waals surface area contributed by atoms with Crippen LogP contribution in [0.5, 0.6) is 0 Å². The average Bonchev–Trinajstić information content (AvgIpc) is 3.56. The summed E-state index contributed by atoms with van der Waals surface area (Å²) in [7, 11) is 0. The first-order valence-corrected chi connectivity index (χ1v) is 16.7. The molecular formula is C38H30N4O3S2. The summed E-state index contributed by atoms with van der Waals surface area (Å²) >= 11 is 2.77. The van der Waals surface area contributed by atoms with Gasteiger partial charge in [-0.1, -0.05) is 90.5 Å². The van der Waals surface area contributed by atoms with Gasteiger partial charge >= 0.3 is 0 Å². The van der Waals surface area contributed by atoms with Crippen molar-refractivity contribution < 1.29 is 14.4 Å². The number of aromatic nitrogens is 1. The molecular weight excluding hydrogens is 625 g/mol. The van der Waals surface area contributed by atoms with Crippen molar-refractivity contribution in [3.8, 4) is 11.3 Å². The molecule has 1 heterocycles. The number of carbonyl (C=O) groups is 3. The molecule has 0 spiro atoms. The Balaban J connectivity index is 1.10. The Hall–Kier alpha value is -5.51. The van der Waals surface area contributed by atoms with Gasteiger partial charge in [0, 0.05) is 27.1 Å². The van der Waals surface area contributed by atoms with Crippen molar-refractivity contribution in [2.24, 2.45) is 0 Å². The van der Waals surface area contributed by atoms with Gasteiger partial charge in [-0.05, 0) is 65.7 Å². The molecule has 0 aliphatic heterocycles. The van der Waals surface area contributed by atoms with Crippen LogP contribution < -0.4 is 16.0 Å². The highest BCUT2D eigenvalue weighted by Crippen LogP contribution is 2.26. The van der Waals surface area contributed by atoms with Gasteiger partial charge in [0.05, 0.1) is 11.4 Å². The second-order valence-corrected chi connectivity index (χ2v) is 12.6. The fraction of sp³-hybridized carbons (Fsp3) is 0.0526. The van der Waals surface area contributed by atoms with Crippen molar-refractivity contribution in [3.63, 3.8) is 0 Å². The minimum Gasteiger partial charge on any atom is -0.321 e. The Kier molecular flexibility index (Phi) is 9.86. The number of nitrogens with zero attached hydrogens (tertiary/aromatic N) is 1. The Morgan fingerprint density at radius 1 is 0.787 bits per heavy atom. The second-order valence-electron chi connectivity index (χ2n) is 10.7. The van der Waals surface area contributed by atoms with E-state index in [9.17, 15) is 14.4 Å². The molecule has 6 aromatic rings. The largest absolute Gasteiger partial charge is 0.321 e. The van der Waals surface area contributed by atoms with E-state index in [2.05, 4.69) is 20.9 Å². The standard InChI is InChI=1S/C38H30N4O3S2/c1-25-14-16-27(17-15-25)34-23-47-38(41-34)42-35(43)24-46-31-20-18-30(19-21-31)39-37(45)33(40-36(44)28-9-3-2-4-10-28)22-29-12-7-11-26-8-5-6-13-32(26)29/h2-23H,24H2,1H3,(H,39,45)(H,40,44)(H,41,42,43)/b33-22-. The van der Waals surface area contributed by atoms with E-state index in [4.69, 9.17) is 0 Å². The molecule has 0 aliphatic rings. The molecule has 9 heteroatoms. The molecule has 0 saturated carbocycles. The molecule has 47 heavy (non-hydrogen) atoms. The summed E-state index contributed by atoms with van der Waals surface area (Å²) in [6.07, 6.45) is 1.69. The second kappa shape index (κ2) is 14.7. The van der Waals surface area contributed by atoms with Crippen LogP contribution in [0.3, 0.4) is 0 Å². The highest BCUT2D eigenvalue weighted by Gasteiger charge is 2.16. The molecule has 0 radical (unpaired) electrons. The number of anilines is 2. The first-order chi connectivity index (χ1) is 22.9. The van der Waals surface area contributed by atoms with Crippen molar-refractivity contribution in [2.75, 3.05) is 16.4 Å². The number of hydrogen-bond donors (Lipinski definition) is 3. The summed E-state index contributed by atoms with van der Waals surface area (Å²) < 4.78 is 0. The summed E-state index contributed by atoms with van der Waals surface area (Å²) in [5.74, 6) is -0.805. The molecule has 232 valence electrons. The van der Waals surface area contributed by atoms with Crippen LogP contribution >= 0.6 is 23.1 Å². The van der Waals surface area contributed by atoms with E-state index < -0.39 is 5.91 Å². The minimum absolute atomic E-state index is 0.109. The lowest BCUT2D eigenvalue weighted by molar-refractivity contribution is -0.114. The van der Waals surface area contributed by atoms with Crippen molar-refractivity contribution in [1.29, 1.82) is 0 Å². The summed E-state index contributed by atoms with van der Waals surface area (Å²) in [5, 5.41) is 13.0. The highest BCUT2D eigenvalue weighted by molar-refractivity contribution is 8.00. The number of amides is 3. The summed E-state index contributed by atoms with van der Waals surface area (Å²) in [5.41, 5.74) is 4.91. The van der Waals surface area contributed by atoms with Crippen molar-refractivity contribution in [3.05, 3.63) is 149 Å². The topological polar surface area (TPSA) is 100 Å². The smallest absolute Gasteiger partial charge is 0.272 e. The van der Waals surface area contributed by atoms with Gasteiger partial charge < -0.3 is 16.0 Å². The van der Waals surface area contributed by atoms with E-state index in [0.29, 0.717) is 16.4 Å². The lowest BCUT2D eigenvalue weighted by Crippen LogP contribution is -2.30. The Morgan fingerprint density at radius 2 is 1.51 bits per heavy atom. The third-order valence-corrected chi connectivity index (χ3v) is 9.00. The van der Waals surface area contributed by atoms with Crippen LogP contribution in [-0.4, -0.2) is 28.5 Å². The van der Waals surface area contributed by atoms with Gasteiger partial charge in [-0.2, -0.15) is 0 Å². The number of fused-ring (bicyclic) bond motifs is 1. The fourth-order valence-electron chi connectivity index (χ4n) is 4.80. The van der Waals surface area contributed by atoms with Crippen LogP contribution in [0.4, 0.5) is 10.8 Å². The highest BCUT2D eigenvalue weighted by atomic mass is 32.2. The van der Waals surface area contributed by atoms with E-state index in [1.807, 2.05) is 97.2 Å². The van der Waals surface area contributed by atoms with E-state index in [1.165, 1.54) is 28.7 Å². The fourth-order valence-corrected chi connectivity index (χ4v) is 6.23. The van der Waals surface area contributed by atoms with Crippen molar-refractivity contribution >= 4 is 68.5 Å². The summed E-state index contributed by atoms with van der Waals surface area (Å²) in [4.78, 5) is 44.6. The molecule has 5 aromatic carbocycles. The van der Waals surface area contributed by atoms with E-state index in [1.54, 1.807) is 42.5 Å². The zero-order valence-corrected chi connectivity index (χ0v) is 27.0. The van der Waals surface area contributed by atoms with E-state index >= 15 is 0 Å². The van der Waals surface area contributed by atoms with Crippen LogP contribution in [0, 0.1) is 6.92 Å². The molecule has 0 fully saturated rings. The van der Waals surface area contributed by atoms with Crippen LogP contribution in [0.25, 0.3) is 28.1 Å². The monoisotopic (exact) mass is 654 g/mol. The Bertz CT molecular complexity index is 2070. The van der Waals surface area contributed by atoms with Crippen LogP contribution in [0.1, 0.15) is 21.5 Å². The lowest BCUT2D eigenvalue weighted by atomic mass is 10.0. The van der Waals surface area contributed by atoms with Gasteiger partial charge in [0.1, 0.15) is 5.70 Å². The first-order valence-electron chi connectivity index (χ1n) is 14.8. The number of aryl methyl sites for hydroxylation is 1. The number of nitrogens with one attached hydrogen (secondary N) is 3. The molecule has 0 saturated heterocycles.